The van der Waals surface area contributed by atoms with Gasteiger partial charge < -0.3 is 13.6 Å². The van der Waals surface area contributed by atoms with Crippen molar-refractivity contribution in [2.24, 2.45) is 0 Å². The normalized spacial score (nSPS) is 14.1. The van der Waals surface area contributed by atoms with Crippen LogP contribution < -0.4 is 16.0 Å². The lowest BCUT2D eigenvalue weighted by Gasteiger charge is -2.34. The van der Waals surface area contributed by atoms with Crippen LogP contribution in [0.2, 0.25) is 0 Å². The van der Waals surface area contributed by atoms with Crippen molar-refractivity contribution in [2.75, 3.05) is 0 Å². The predicted molar refractivity (Wildman–Crippen MR) is 135 cm³/mol. The summed E-state index contributed by atoms with van der Waals surface area (Å²) in [6, 6.07) is 25.7. The minimum absolute atomic E-state index is 0.420. The first-order valence-corrected chi connectivity index (χ1v) is 12.1. The smallest absolute Gasteiger partial charge is 0.337 e. The molecule has 0 aliphatic carbocycles. The standard InChI is InChI=1S/C27H16O5S2/c28-25-15-23(17-7-1-4-10-20(17)31-25)33-27(13-14-30-22-12-6-3-9-19(22)27)34-24-16-26(29)32-21-11-5-2-8-18(21)24/h1-16H. The van der Waals surface area contributed by atoms with Crippen molar-refractivity contribution in [3.8, 4) is 5.75 Å². The van der Waals surface area contributed by atoms with Gasteiger partial charge in [-0.2, -0.15) is 0 Å². The average molecular weight is 485 g/mol. The quantitative estimate of drug-likeness (QED) is 0.212. The van der Waals surface area contributed by atoms with Crippen LogP contribution in [0.5, 0.6) is 5.75 Å². The molecule has 2 aromatic heterocycles. The van der Waals surface area contributed by atoms with E-state index in [2.05, 4.69) is 0 Å². The maximum Gasteiger partial charge on any atom is 0.337 e. The van der Waals surface area contributed by atoms with E-state index in [0.29, 0.717) is 16.9 Å². The highest BCUT2D eigenvalue weighted by Gasteiger charge is 2.38. The van der Waals surface area contributed by atoms with E-state index in [-0.39, 0.29) is 0 Å². The second kappa shape index (κ2) is 8.27. The lowest BCUT2D eigenvalue weighted by Crippen LogP contribution is -2.20. The summed E-state index contributed by atoms with van der Waals surface area (Å²) in [6.07, 6.45) is 3.61. The lowest BCUT2D eigenvalue weighted by molar-refractivity contribution is 0.461. The van der Waals surface area contributed by atoms with E-state index in [1.54, 1.807) is 18.4 Å². The van der Waals surface area contributed by atoms with Gasteiger partial charge in [-0.3, -0.25) is 0 Å². The highest BCUT2D eigenvalue weighted by Crippen LogP contribution is 2.58. The molecule has 0 amide bonds. The molecule has 0 fully saturated rings. The second-order valence-corrected chi connectivity index (χ2v) is 10.5. The van der Waals surface area contributed by atoms with Crippen molar-refractivity contribution in [1.29, 1.82) is 0 Å². The van der Waals surface area contributed by atoms with Crippen molar-refractivity contribution >= 4 is 45.5 Å². The van der Waals surface area contributed by atoms with E-state index >= 15 is 0 Å². The third kappa shape index (κ3) is 3.63. The number of fused-ring (bicyclic) bond motifs is 3. The van der Waals surface area contributed by atoms with Gasteiger partial charge >= 0.3 is 11.3 Å². The van der Waals surface area contributed by atoms with Crippen LogP contribution in [0.25, 0.3) is 21.9 Å². The summed E-state index contributed by atoms with van der Waals surface area (Å²) < 4.78 is 15.9. The minimum Gasteiger partial charge on any atom is -0.465 e. The van der Waals surface area contributed by atoms with Crippen LogP contribution >= 0.6 is 23.5 Å². The van der Waals surface area contributed by atoms with Gasteiger partial charge in [0.2, 0.25) is 0 Å². The molecule has 6 rings (SSSR count). The molecular formula is C27H16O5S2. The molecule has 0 spiro atoms. The number of rotatable bonds is 4. The molecule has 3 aromatic carbocycles. The molecule has 0 saturated heterocycles. The Kier molecular flexibility index (Phi) is 5.08. The van der Waals surface area contributed by atoms with Crippen LogP contribution in [0.15, 0.2) is 125 Å². The zero-order valence-electron chi connectivity index (χ0n) is 17.6. The Morgan fingerprint density at radius 2 is 1.18 bits per heavy atom. The van der Waals surface area contributed by atoms with Gasteiger partial charge in [0.05, 0.1) is 6.26 Å². The van der Waals surface area contributed by atoms with Crippen molar-refractivity contribution in [1.82, 2.24) is 0 Å². The van der Waals surface area contributed by atoms with Crippen molar-refractivity contribution in [3.63, 3.8) is 0 Å². The van der Waals surface area contributed by atoms with Gasteiger partial charge in [0.1, 0.15) is 21.0 Å². The molecule has 5 aromatic rings. The van der Waals surface area contributed by atoms with Gasteiger partial charge in [-0.25, -0.2) is 9.59 Å². The van der Waals surface area contributed by atoms with E-state index in [1.807, 2.05) is 66.7 Å². The summed E-state index contributed by atoms with van der Waals surface area (Å²) in [5.74, 6) is 0.713. The topological polar surface area (TPSA) is 69.7 Å². The average Bonchev–Trinajstić information content (AvgIpc) is 2.84. The van der Waals surface area contributed by atoms with Crippen molar-refractivity contribution in [3.05, 3.63) is 124 Å². The van der Waals surface area contributed by atoms with Crippen LogP contribution in [0.3, 0.4) is 0 Å². The Labute approximate surface area is 202 Å². The predicted octanol–water partition coefficient (Wildman–Crippen LogP) is 6.54. The molecule has 7 heteroatoms. The van der Waals surface area contributed by atoms with Crippen LogP contribution in [-0.2, 0) is 4.08 Å². The molecule has 3 heterocycles. The molecule has 0 N–H and O–H groups in total. The third-order valence-electron chi connectivity index (χ3n) is 5.49. The Morgan fingerprint density at radius 3 is 1.79 bits per heavy atom. The van der Waals surface area contributed by atoms with Crippen molar-refractivity contribution in [2.45, 2.75) is 13.9 Å². The van der Waals surface area contributed by atoms with Gasteiger partial charge in [0.15, 0.2) is 0 Å². The largest absolute Gasteiger partial charge is 0.465 e. The van der Waals surface area contributed by atoms with E-state index in [1.165, 1.54) is 35.7 Å². The third-order valence-corrected chi connectivity index (χ3v) is 8.43. The van der Waals surface area contributed by atoms with E-state index in [0.717, 1.165) is 26.1 Å². The van der Waals surface area contributed by atoms with Crippen LogP contribution in [0.4, 0.5) is 0 Å². The Hall–Kier alpha value is -3.68. The molecule has 1 aliphatic heterocycles. The highest BCUT2D eigenvalue weighted by atomic mass is 32.2. The number of para-hydroxylation sites is 3. The molecule has 5 nitrogen and oxygen atoms in total. The monoisotopic (exact) mass is 484 g/mol. The Bertz CT molecular complexity index is 1600. The molecule has 1 aliphatic rings. The van der Waals surface area contributed by atoms with E-state index < -0.39 is 15.3 Å². The number of ether oxygens (including phenoxy) is 1. The highest BCUT2D eigenvalue weighted by molar-refractivity contribution is 8.18. The van der Waals surface area contributed by atoms with Crippen molar-refractivity contribution < 1.29 is 13.6 Å². The van der Waals surface area contributed by atoms with Crippen LogP contribution in [0.1, 0.15) is 5.56 Å². The fraction of sp³-hybridized carbons (Fsp3) is 0.0370. The number of thioether (sulfide) groups is 2. The fourth-order valence-corrected chi connectivity index (χ4v) is 7.03. The van der Waals surface area contributed by atoms with Crippen LogP contribution in [-0.4, -0.2) is 0 Å². The number of hydrogen-bond acceptors (Lipinski definition) is 7. The first kappa shape index (κ1) is 20.9. The van der Waals surface area contributed by atoms with Crippen LogP contribution in [0, 0.1) is 0 Å². The fourth-order valence-electron chi connectivity index (χ4n) is 4.00. The molecule has 0 saturated carbocycles. The summed E-state index contributed by atoms with van der Waals surface area (Å²) in [5.41, 5.74) is 1.12. The molecule has 0 radical (unpaired) electrons. The summed E-state index contributed by atoms with van der Waals surface area (Å²) >= 11 is 3.02. The Morgan fingerprint density at radius 1 is 0.647 bits per heavy atom. The molecule has 0 bridgehead atoms. The zero-order chi connectivity index (χ0) is 23.1. The summed E-state index contributed by atoms with van der Waals surface area (Å²) in [7, 11) is 0. The van der Waals surface area contributed by atoms with Gasteiger partial charge in [-0.15, -0.1) is 0 Å². The summed E-state index contributed by atoms with van der Waals surface area (Å²) in [5, 5.41) is 1.67. The zero-order valence-corrected chi connectivity index (χ0v) is 19.2. The molecule has 0 atom stereocenters. The molecule has 166 valence electrons. The van der Waals surface area contributed by atoms with E-state index in [9.17, 15) is 9.59 Å². The Balaban J connectivity index is 1.59. The lowest BCUT2D eigenvalue weighted by atomic mass is 10.1. The maximum absolute atomic E-state index is 12.4. The molecule has 34 heavy (non-hydrogen) atoms. The van der Waals surface area contributed by atoms with Gasteiger partial charge in [0, 0.05) is 38.3 Å². The molecule has 0 unspecified atom stereocenters. The first-order valence-electron chi connectivity index (χ1n) is 10.5. The SMILES string of the molecule is O=c1cc(SC2(Sc3cc(=O)oc4ccccc34)C=COc3ccccc32)c2ccccc2o1. The summed E-state index contributed by atoms with van der Waals surface area (Å²) in [4.78, 5) is 26.3. The summed E-state index contributed by atoms with van der Waals surface area (Å²) in [6.45, 7) is 0. The number of benzene rings is 3. The van der Waals surface area contributed by atoms with Gasteiger partial charge in [-0.1, -0.05) is 78.1 Å². The molecular weight excluding hydrogens is 468 g/mol. The van der Waals surface area contributed by atoms with E-state index in [4.69, 9.17) is 13.6 Å². The second-order valence-electron chi connectivity index (χ2n) is 7.64. The minimum atomic E-state index is -0.734. The van der Waals surface area contributed by atoms with Gasteiger partial charge in [0.25, 0.3) is 0 Å². The first-order chi connectivity index (χ1) is 16.6. The maximum atomic E-state index is 12.4. The number of hydrogen-bond donors (Lipinski definition) is 0. The van der Waals surface area contributed by atoms with Gasteiger partial charge in [-0.05, 0) is 24.3 Å².